The molecule has 0 aliphatic heterocycles. The number of nitrogens with zero attached hydrogens (tertiary/aromatic N) is 1. The molecule has 0 spiro atoms. The zero-order chi connectivity index (χ0) is 13.1. The molecule has 0 saturated heterocycles. The molecule has 2 aromatic rings. The van der Waals surface area contributed by atoms with Gasteiger partial charge in [-0.1, -0.05) is 24.3 Å². The smallest absolute Gasteiger partial charge is 0.0395 e. The minimum atomic E-state index is 0.563. The molecule has 0 aromatic heterocycles. The van der Waals surface area contributed by atoms with Gasteiger partial charge in [0.2, 0.25) is 0 Å². The van der Waals surface area contributed by atoms with Gasteiger partial charge in [0.25, 0.3) is 0 Å². The number of anilines is 2. The number of nitrogens with two attached hydrogens (primary N) is 2. The van der Waals surface area contributed by atoms with Crippen molar-refractivity contribution in [2.75, 3.05) is 24.7 Å². The van der Waals surface area contributed by atoms with Gasteiger partial charge in [0.05, 0.1) is 0 Å². The highest BCUT2D eigenvalue weighted by Crippen LogP contribution is 2.29. The summed E-state index contributed by atoms with van der Waals surface area (Å²) in [5.41, 5.74) is 16.9. The van der Waals surface area contributed by atoms with Crippen molar-refractivity contribution in [3.8, 4) is 11.1 Å². The summed E-state index contributed by atoms with van der Waals surface area (Å²) in [6.45, 7) is 0.563. The van der Waals surface area contributed by atoms with Crippen molar-refractivity contribution in [3.63, 3.8) is 0 Å². The first-order valence-corrected chi connectivity index (χ1v) is 5.98. The minimum Gasteiger partial charge on any atom is -0.398 e. The number of hydrogen-bond acceptors (Lipinski definition) is 3. The van der Waals surface area contributed by atoms with Gasteiger partial charge in [0, 0.05) is 37.6 Å². The van der Waals surface area contributed by atoms with Gasteiger partial charge in [-0.3, -0.25) is 0 Å². The molecule has 0 fully saturated rings. The Morgan fingerprint density at radius 3 is 2.22 bits per heavy atom. The lowest BCUT2D eigenvalue weighted by atomic mass is 10.0. The third kappa shape index (κ3) is 2.46. The van der Waals surface area contributed by atoms with Crippen LogP contribution < -0.4 is 16.4 Å². The molecule has 2 aromatic carbocycles. The maximum absolute atomic E-state index is 6.05. The average molecular weight is 241 g/mol. The van der Waals surface area contributed by atoms with E-state index in [0.717, 1.165) is 28.1 Å². The van der Waals surface area contributed by atoms with Crippen molar-refractivity contribution in [2.24, 2.45) is 5.73 Å². The van der Waals surface area contributed by atoms with Crippen LogP contribution in [-0.2, 0) is 6.54 Å². The molecular weight excluding hydrogens is 222 g/mol. The summed E-state index contributed by atoms with van der Waals surface area (Å²) in [6.07, 6.45) is 0. The molecule has 0 bridgehead atoms. The summed E-state index contributed by atoms with van der Waals surface area (Å²) in [5, 5.41) is 0. The first-order chi connectivity index (χ1) is 8.61. The lowest BCUT2D eigenvalue weighted by molar-refractivity contribution is 1.07. The normalized spacial score (nSPS) is 10.4. The van der Waals surface area contributed by atoms with Crippen LogP contribution in [0.3, 0.4) is 0 Å². The summed E-state index contributed by atoms with van der Waals surface area (Å²) in [5.74, 6) is 0. The molecule has 2 rings (SSSR count). The molecule has 0 unspecified atom stereocenters. The van der Waals surface area contributed by atoms with E-state index in [9.17, 15) is 0 Å². The molecule has 0 atom stereocenters. The predicted octanol–water partition coefficient (Wildman–Crippen LogP) is 2.46. The number of nitrogen functional groups attached to an aromatic ring is 1. The molecular formula is C15H19N3. The number of benzene rings is 2. The Balaban J connectivity index is 2.45. The fraction of sp³-hybridized carbons (Fsp3) is 0.200. The molecule has 0 saturated carbocycles. The van der Waals surface area contributed by atoms with E-state index in [2.05, 4.69) is 23.1 Å². The Kier molecular flexibility index (Phi) is 3.53. The van der Waals surface area contributed by atoms with Crippen LogP contribution >= 0.6 is 0 Å². The van der Waals surface area contributed by atoms with Gasteiger partial charge in [0.1, 0.15) is 0 Å². The van der Waals surface area contributed by atoms with Gasteiger partial charge in [0.15, 0.2) is 0 Å². The monoisotopic (exact) mass is 241 g/mol. The maximum atomic E-state index is 6.05. The average Bonchev–Trinajstić information content (AvgIpc) is 2.39. The van der Waals surface area contributed by atoms with Crippen LogP contribution in [0.15, 0.2) is 42.5 Å². The predicted molar refractivity (Wildman–Crippen MR) is 78.5 cm³/mol. The fourth-order valence-electron chi connectivity index (χ4n) is 1.89. The van der Waals surface area contributed by atoms with Gasteiger partial charge in [-0.15, -0.1) is 0 Å². The van der Waals surface area contributed by atoms with Crippen LogP contribution in [0, 0.1) is 0 Å². The minimum absolute atomic E-state index is 0.563. The SMILES string of the molecule is CN(C)c1ccc(N)c(-c2ccc(CN)cc2)c1. The van der Waals surface area contributed by atoms with Crippen LogP contribution in [0.4, 0.5) is 11.4 Å². The molecule has 0 aliphatic rings. The molecule has 0 aliphatic carbocycles. The molecule has 0 amide bonds. The number of hydrogen-bond donors (Lipinski definition) is 2. The third-order valence-electron chi connectivity index (χ3n) is 3.05. The van der Waals surface area contributed by atoms with Gasteiger partial charge >= 0.3 is 0 Å². The van der Waals surface area contributed by atoms with Crippen LogP contribution in [0.1, 0.15) is 5.56 Å². The Hall–Kier alpha value is -2.00. The largest absolute Gasteiger partial charge is 0.398 e. The van der Waals surface area contributed by atoms with Crippen molar-refractivity contribution >= 4 is 11.4 Å². The molecule has 3 nitrogen and oxygen atoms in total. The van der Waals surface area contributed by atoms with Crippen molar-refractivity contribution in [3.05, 3.63) is 48.0 Å². The van der Waals surface area contributed by atoms with Gasteiger partial charge in [-0.05, 0) is 29.3 Å². The van der Waals surface area contributed by atoms with E-state index in [1.807, 2.05) is 38.4 Å². The maximum Gasteiger partial charge on any atom is 0.0395 e. The molecule has 0 radical (unpaired) electrons. The summed E-state index contributed by atoms with van der Waals surface area (Å²) >= 11 is 0. The second-order valence-corrected chi connectivity index (χ2v) is 4.57. The fourth-order valence-corrected chi connectivity index (χ4v) is 1.89. The van der Waals surface area contributed by atoms with Gasteiger partial charge in [-0.2, -0.15) is 0 Å². The quantitative estimate of drug-likeness (QED) is 0.812. The van der Waals surface area contributed by atoms with Gasteiger partial charge in [-0.25, -0.2) is 0 Å². The van der Waals surface area contributed by atoms with E-state index >= 15 is 0 Å². The standard InChI is InChI=1S/C15H19N3/c1-18(2)13-7-8-15(17)14(9-13)12-5-3-11(10-16)4-6-12/h3-9H,10,16-17H2,1-2H3. The van der Waals surface area contributed by atoms with E-state index in [1.54, 1.807) is 0 Å². The van der Waals surface area contributed by atoms with E-state index in [4.69, 9.17) is 11.5 Å². The van der Waals surface area contributed by atoms with Crippen LogP contribution in [0.5, 0.6) is 0 Å². The first-order valence-electron chi connectivity index (χ1n) is 5.98. The first kappa shape index (κ1) is 12.5. The van der Waals surface area contributed by atoms with Crippen LogP contribution in [0.25, 0.3) is 11.1 Å². The topological polar surface area (TPSA) is 55.3 Å². The molecule has 3 heteroatoms. The summed E-state index contributed by atoms with van der Waals surface area (Å²) < 4.78 is 0. The van der Waals surface area contributed by atoms with Crippen molar-refractivity contribution < 1.29 is 0 Å². The highest BCUT2D eigenvalue weighted by atomic mass is 15.1. The second kappa shape index (κ2) is 5.10. The summed E-state index contributed by atoms with van der Waals surface area (Å²) in [6, 6.07) is 14.3. The lowest BCUT2D eigenvalue weighted by Crippen LogP contribution is -2.08. The molecule has 18 heavy (non-hydrogen) atoms. The molecule has 0 heterocycles. The van der Waals surface area contributed by atoms with Crippen LogP contribution in [-0.4, -0.2) is 14.1 Å². The van der Waals surface area contributed by atoms with E-state index < -0.39 is 0 Å². The summed E-state index contributed by atoms with van der Waals surface area (Å²) in [4.78, 5) is 2.07. The molecule has 4 N–H and O–H groups in total. The second-order valence-electron chi connectivity index (χ2n) is 4.57. The number of rotatable bonds is 3. The van der Waals surface area contributed by atoms with Gasteiger partial charge < -0.3 is 16.4 Å². The molecule has 94 valence electrons. The Labute approximate surface area is 108 Å². The Bertz CT molecular complexity index is 530. The van der Waals surface area contributed by atoms with E-state index in [1.165, 1.54) is 0 Å². The van der Waals surface area contributed by atoms with E-state index in [0.29, 0.717) is 6.54 Å². The van der Waals surface area contributed by atoms with Crippen molar-refractivity contribution in [1.29, 1.82) is 0 Å². The highest BCUT2D eigenvalue weighted by molar-refractivity contribution is 5.79. The Morgan fingerprint density at radius 1 is 1.00 bits per heavy atom. The van der Waals surface area contributed by atoms with E-state index in [-0.39, 0.29) is 0 Å². The van der Waals surface area contributed by atoms with Crippen molar-refractivity contribution in [2.45, 2.75) is 6.54 Å². The summed E-state index contributed by atoms with van der Waals surface area (Å²) in [7, 11) is 4.04. The van der Waals surface area contributed by atoms with Crippen LogP contribution in [0.2, 0.25) is 0 Å². The zero-order valence-electron chi connectivity index (χ0n) is 10.9. The Morgan fingerprint density at radius 2 is 1.67 bits per heavy atom. The van der Waals surface area contributed by atoms with Crippen molar-refractivity contribution in [1.82, 2.24) is 0 Å². The third-order valence-corrected chi connectivity index (χ3v) is 3.05. The zero-order valence-corrected chi connectivity index (χ0v) is 10.9. The highest BCUT2D eigenvalue weighted by Gasteiger charge is 2.05. The lowest BCUT2D eigenvalue weighted by Gasteiger charge is -2.15.